The number of nitrogens with one attached hydrogen (secondary N) is 1. The first kappa shape index (κ1) is 14.4. The maximum absolute atomic E-state index is 12.3. The lowest BCUT2D eigenvalue weighted by atomic mass is 10.1. The molecule has 1 N–H and O–H groups in total. The molecule has 0 spiro atoms. The summed E-state index contributed by atoms with van der Waals surface area (Å²) in [7, 11) is 0. The lowest BCUT2D eigenvalue weighted by molar-refractivity contribution is 0.102. The maximum Gasteiger partial charge on any atom is 0.257 e. The molecule has 22 heavy (non-hydrogen) atoms. The molecule has 3 aromatic rings. The molecule has 0 atom stereocenters. The van der Waals surface area contributed by atoms with Gasteiger partial charge in [-0.3, -0.25) is 4.79 Å². The molecule has 1 heterocycles. The Kier molecular flexibility index (Phi) is 4.25. The van der Waals surface area contributed by atoms with Crippen LogP contribution in [0.15, 0.2) is 70.3 Å². The number of amides is 1. The van der Waals surface area contributed by atoms with Gasteiger partial charge in [0, 0.05) is 11.1 Å². The molecule has 1 amide bonds. The van der Waals surface area contributed by atoms with E-state index in [1.165, 1.54) is 11.8 Å². The van der Waals surface area contributed by atoms with Gasteiger partial charge in [0.2, 0.25) is 0 Å². The Hall–Kier alpha value is -2.53. The molecule has 0 aliphatic carbocycles. The smallest absolute Gasteiger partial charge is 0.257 e. The van der Waals surface area contributed by atoms with Gasteiger partial charge < -0.3 is 9.73 Å². The summed E-state index contributed by atoms with van der Waals surface area (Å²) >= 11 is 1.39. The molecule has 0 saturated heterocycles. The zero-order valence-electron chi connectivity index (χ0n) is 11.9. The van der Waals surface area contributed by atoms with E-state index in [0.717, 1.165) is 5.56 Å². The van der Waals surface area contributed by atoms with Crippen molar-refractivity contribution in [3.8, 4) is 11.3 Å². The highest BCUT2D eigenvalue weighted by molar-refractivity contribution is 7.98. The summed E-state index contributed by atoms with van der Waals surface area (Å²) in [4.78, 5) is 16.6. The van der Waals surface area contributed by atoms with Gasteiger partial charge in [0.15, 0.2) is 11.6 Å². The number of oxazole rings is 1. The molecule has 2 aromatic carbocycles. The SMILES string of the molecule is CSc1nc(NC(=O)c2ccccc2)c(-c2ccccc2)o1. The van der Waals surface area contributed by atoms with Crippen molar-refractivity contribution in [3.63, 3.8) is 0 Å². The van der Waals surface area contributed by atoms with Crippen LogP contribution in [0.2, 0.25) is 0 Å². The predicted molar refractivity (Wildman–Crippen MR) is 88.1 cm³/mol. The van der Waals surface area contributed by atoms with Gasteiger partial charge in [-0.25, -0.2) is 0 Å². The van der Waals surface area contributed by atoms with Gasteiger partial charge in [-0.2, -0.15) is 4.98 Å². The third-order valence-electron chi connectivity index (χ3n) is 3.09. The summed E-state index contributed by atoms with van der Waals surface area (Å²) in [6.45, 7) is 0. The van der Waals surface area contributed by atoms with Crippen molar-refractivity contribution in [2.75, 3.05) is 11.6 Å². The summed E-state index contributed by atoms with van der Waals surface area (Å²) in [6, 6.07) is 18.6. The molecule has 110 valence electrons. The average Bonchev–Trinajstić information content (AvgIpc) is 2.99. The number of nitrogens with zero attached hydrogens (tertiary/aromatic N) is 1. The number of benzene rings is 2. The van der Waals surface area contributed by atoms with E-state index >= 15 is 0 Å². The van der Waals surface area contributed by atoms with Crippen LogP contribution in [0.1, 0.15) is 10.4 Å². The van der Waals surface area contributed by atoms with Crippen molar-refractivity contribution in [2.45, 2.75) is 5.22 Å². The minimum absolute atomic E-state index is 0.210. The quantitative estimate of drug-likeness (QED) is 0.729. The lowest BCUT2D eigenvalue weighted by Crippen LogP contribution is -2.12. The molecule has 0 aliphatic heterocycles. The normalized spacial score (nSPS) is 10.4. The number of rotatable bonds is 4. The van der Waals surface area contributed by atoms with Gasteiger partial charge in [0.05, 0.1) is 0 Å². The van der Waals surface area contributed by atoms with Crippen LogP contribution < -0.4 is 5.32 Å². The van der Waals surface area contributed by atoms with Crippen molar-refractivity contribution < 1.29 is 9.21 Å². The molecule has 1 aromatic heterocycles. The number of anilines is 1. The topological polar surface area (TPSA) is 55.1 Å². The van der Waals surface area contributed by atoms with Crippen LogP contribution in [-0.2, 0) is 0 Å². The largest absolute Gasteiger partial charge is 0.429 e. The van der Waals surface area contributed by atoms with Crippen molar-refractivity contribution in [2.24, 2.45) is 0 Å². The highest BCUT2D eigenvalue weighted by atomic mass is 32.2. The summed E-state index contributed by atoms with van der Waals surface area (Å²) in [5.41, 5.74) is 1.45. The summed E-state index contributed by atoms with van der Waals surface area (Å²) < 4.78 is 5.72. The summed E-state index contributed by atoms with van der Waals surface area (Å²) in [5, 5.41) is 3.34. The Labute approximate surface area is 132 Å². The van der Waals surface area contributed by atoms with Crippen molar-refractivity contribution in [1.29, 1.82) is 0 Å². The molecule has 0 unspecified atom stereocenters. The monoisotopic (exact) mass is 310 g/mol. The molecule has 3 rings (SSSR count). The fourth-order valence-corrected chi connectivity index (χ4v) is 2.38. The second-order valence-corrected chi connectivity index (χ2v) is 5.31. The van der Waals surface area contributed by atoms with Crippen LogP contribution >= 0.6 is 11.8 Å². The Bertz CT molecular complexity index is 770. The molecule has 0 aliphatic rings. The maximum atomic E-state index is 12.3. The Morgan fingerprint density at radius 1 is 1.05 bits per heavy atom. The zero-order valence-corrected chi connectivity index (χ0v) is 12.8. The fraction of sp³-hybridized carbons (Fsp3) is 0.0588. The van der Waals surface area contributed by atoms with Crippen molar-refractivity contribution >= 4 is 23.5 Å². The van der Waals surface area contributed by atoms with Gasteiger partial charge in [-0.1, -0.05) is 60.3 Å². The Balaban J connectivity index is 1.93. The number of carbonyl (C=O) groups is 1. The molecule has 5 heteroatoms. The van der Waals surface area contributed by atoms with Crippen molar-refractivity contribution in [3.05, 3.63) is 66.2 Å². The van der Waals surface area contributed by atoms with Gasteiger partial charge in [0.25, 0.3) is 11.1 Å². The van der Waals surface area contributed by atoms with Crippen LogP contribution in [0, 0.1) is 0 Å². The fourth-order valence-electron chi connectivity index (χ4n) is 2.03. The number of thioether (sulfide) groups is 1. The standard InChI is InChI=1S/C17H14N2O2S/c1-22-17-19-15(14(21-17)12-8-4-2-5-9-12)18-16(20)13-10-6-3-7-11-13/h2-11H,1H3,(H,18,20). The number of hydrogen-bond donors (Lipinski definition) is 1. The van der Waals surface area contributed by atoms with Crippen LogP contribution in [0.4, 0.5) is 5.82 Å². The average molecular weight is 310 g/mol. The highest BCUT2D eigenvalue weighted by Gasteiger charge is 2.17. The van der Waals surface area contributed by atoms with Gasteiger partial charge in [-0.15, -0.1) is 0 Å². The third kappa shape index (κ3) is 3.04. The number of aromatic nitrogens is 1. The van der Waals surface area contributed by atoms with Crippen LogP contribution in [0.25, 0.3) is 11.3 Å². The van der Waals surface area contributed by atoms with Gasteiger partial charge in [-0.05, 0) is 18.4 Å². The van der Waals surface area contributed by atoms with E-state index in [1.54, 1.807) is 12.1 Å². The van der Waals surface area contributed by atoms with Gasteiger partial charge in [0.1, 0.15) is 0 Å². The Morgan fingerprint density at radius 2 is 1.68 bits per heavy atom. The second-order valence-electron chi connectivity index (χ2n) is 4.55. The van der Waals surface area contributed by atoms with E-state index in [2.05, 4.69) is 10.3 Å². The molecule has 0 bridgehead atoms. The first-order chi connectivity index (χ1) is 10.8. The molecule has 0 saturated carbocycles. The number of hydrogen-bond acceptors (Lipinski definition) is 4. The highest BCUT2D eigenvalue weighted by Crippen LogP contribution is 2.32. The van der Waals surface area contributed by atoms with E-state index in [-0.39, 0.29) is 5.91 Å². The second kappa shape index (κ2) is 6.49. The van der Waals surface area contributed by atoms with Crippen molar-refractivity contribution in [1.82, 2.24) is 4.98 Å². The predicted octanol–water partition coefficient (Wildman–Crippen LogP) is 4.32. The molecule has 0 fully saturated rings. The number of carbonyl (C=O) groups excluding carboxylic acids is 1. The zero-order chi connectivity index (χ0) is 15.4. The summed E-state index contributed by atoms with van der Waals surface area (Å²) in [5.74, 6) is 0.789. The van der Waals surface area contributed by atoms with Gasteiger partial charge >= 0.3 is 0 Å². The van der Waals surface area contributed by atoms with E-state index < -0.39 is 0 Å². The first-order valence-corrected chi connectivity index (χ1v) is 7.97. The minimum Gasteiger partial charge on any atom is -0.429 e. The molecular formula is C17H14N2O2S. The molecule has 0 radical (unpaired) electrons. The third-order valence-corrected chi connectivity index (χ3v) is 3.61. The lowest BCUT2D eigenvalue weighted by Gasteiger charge is -2.04. The van der Waals surface area contributed by atoms with Crippen LogP contribution in [0.5, 0.6) is 0 Å². The molecular weight excluding hydrogens is 296 g/mol. The molecule has 4 nitrogen and oxygen atoms in total. The van der Waals surface area contributed by atoms with E-state index in [1.807, 2.05) is 54.8 Å². The van der Waals surface area contributed by atoms with E-state index in [9.17, 15) is 4.79 Å². The van der Waals surface area contributed by atoms with Crippen LogP contribution in [0.3, 0.4) is 0 Å². The van der Waals surface area contributed by atoms with E-state index in [0.29, 0.717) is 22.4 Å². The first-order valence-electron chi connectivity index (χ1n) is 6.74. The Morgan fingerprint density at radius 3 is 2.32 bits per heavy atom. The minimum atomic E-state index is -0.210. The summed E-state index contributed by atoms with van der Waals surface area (Å²) in [6.07, 6.45) is 1.88. The van der Waals surface area contributed by atoms with Crippen LogP contribution in [-0.4, -0.2) is 17.1 Å². The van der Waals surface area contributed by atoms with E-state index in [4.69, 9.17) is 4.42 Å².